The van der Waals surface area contributed by atoms with Gasteiger partial charge >= 0.3 is 0 Å². The highest BCUT2D eigenvalue weighted by Crippen LogP contribution is 2.12. The Morgan fingerprint density at radius 1 is 0.952 bits per heavy atom. The van der Waals surface area contributed by atoms with Crippen LogP contribution in [0.3, 0.4) is 0 Å². The van der Waals surface area contributed by atoms with Crippen LogP contribution in [0, 0.1) is 0 Å². The van der Waals surface area contributed by atoms with Gasteiger partial charge in [-0.05, 0) is 48.8 Å². The molecule has 3 heteroatoms. The average Bonchev–Trinajstić information content (AvgIpc) is 2.54. The van der Waals surface area contributed by atoms with Gasteiger partial charge in [0.15, 0.2) is 5.11 Å². The van der Waals surface area contributed by atoms with Crippen molar-refractivity contribution in [2.75, 3.05) is 11.9 Å². The fourth-order valence-electron chi connectivity index (χ4n) is 2.16. The van der Waals surface area contributed by atoms with Crippen LogP contribution in [0.15, 0.2) is 54.6 Å². The monoisotopic (exact) mass is 298 g/mol. The number of nitrogens with zero attached hydrogens (tertiary/aromatic N) is 1. The second-order valence-electron chi connectivity index (χ2n) is 4.98. The van der Waals surface area contributed by atoms with Crippen LogP contribution in [-0.4, -0.2) is 16.6 Å². The molecule has 1 N–H and O–H groups in total. The zero-order valence-electron chi connectivity index (χ0n) is 12.7. The number of hydrogen-bond acceptors (Lipinski definition) is 1. The summed E-state index contributed by atoms with van der Waals surface area (Å²) < 4.78 is 0. The first-order chi connectivity index (χ1) is 10.2. The van der Waals surface area contributed by atoms with Gasteiger partial charge in [0.2, 0.25) is 0 Å². The molecule has 110 valence electrons. The van der Waals surface area contributed by atoms with Crippen LogP contribution in [-0.2, 0) is 13.0 Å². The van der Waals surface area contributed by atoms with E-state index in [9.17, 15) is 0 Å². The van der Waals surface area contributed by atoms with E-state index in [-0.39, 0.29) is 0 Å². The molecule has 21 heavy (non-hydrogen) atoms. The third kappa shape index (κ3) is 4.57. The predicted octanol–water partition coefficient (Wildman–Crippen LogP) is 4.47. The van der Waals surface area contributed by atoms with E-state index in [0.29, 0.717) is 0 Å². The Morgan fingerprint density at radius 3 is 2.19 bits per heavy atom. The van der Waals surface area contributed by atoms with Crippen molar-refractivity contribution in [3.63, 3.8) is 0 Å². The van der Waals surface area contributed by atoms with Crippen molar-refractivity contribution in [1.29, 1.82) is 0 Å². The van der Waals surface area contributed by atoms with Crippen molar-refractivity contribution in [2.45, 2.75) is 26.8 Å². The summed E-state index contributed by atoms with van der Waals surface area (Å²) in [5, 5.41) is 4.09. The lowest BCUT2D eigenvalue weighted by Crippen LogP contribution is -2.34. The maximum Gasteiger partial charge on any atom is 0.173 e. The zero-order valence-corrected chi connectivity index (χ0v) is 13.5. The predicted molar refractivity (Wildman–Crippen MR) is 94.6 cm³/mol. The molecule has 0 fully saturated rings. The summed E-state index contributed by atoms with van der Waals surface area (Å²) in [5.41, 5.74) is 3.65. The maximum absolute atomic E-state index is 5.53. The van der Waals surface area contributed by atoms with Crippen LogP contribution in [0.5, 0.6) is 0 Å². The first-order valence-electron chi connectivity index (χ1n) is 7.41. The lowest BCUT2D eigenvalue weighted by Gasteiger charge is -2.24. The summed E-state index contributed by atoms with van der Waals surface area (Å²) >= 11 is 5.53. The van der Waals surface area contributed by atoms with Crippen molar-refractivity contribution < 1.29 is 0 Å². The standard InChI is InChI=1S/C18H22N2S/c1-3-15-10-12-17(13-11-15)19-18(21)20(4-2)14-16-8-6-5-7-9-16/h5-13H,3-4,14H2,1-2H3,(H,19,21). The number of benzene rings is 2. The molecule has 0 radical (unpaired) electrons. The van der Waals surface area contributed by atoms with Gasteiger partial charge in [0, 0.05) is 18.8 Å². The highest BCUT2D eigenvalue weighted by molar-refractivity contribution is 7.80. The van der Waals surface area contributed by atoms with E-state index >= 15 is 0 Å². The van der Waals surface area contributed by atoms with E-state index in [2.05, 4.69) is 72.6 Å². The van der Waals surface area contributed by atoms with Crippen molar-refractivity contribution in [3.8, 4) is 0 Å². The Kier molecular flexibility index (Phi) is 5.76. The zero-order chi connectivity index (χ0) is 15.1. The van der Waals surface area contributed by atoms with Gasteiger partial charge in [0.05, 0.1) is 0 Å². The molecule has 2 aromatic carbocycles. The first-order valence-corrected chi connectivity index (χ1v) is 7.82. The molecule has 0 aliphatic rings. The largest absolute Gasteiger partial charge is 0.345 e. The minimum atomic E-state index is 0.769. The molecule has 0 saturated carbocycles. The van der Waals surface area contributed by atoms with Crippen molar-refractivity contribution in [1.82, 2.24) is 4.90 Å². The highest BCUT2D eigenvalue weighted by Gasteiger charge is 2.08. The molecule has 0 aliphatic heterocycles. The van der Waals surface area contributed by atoms with Crippen LogP contribution < -0.4 is 5.32 Å². The molecule has 0 atom stereocenters. The fourth-order valence-corrected chi connectivity index (χ4v) is 2.47. The molecule has 0 heterocycles. The molecule has 2 rings (SSSR count). The van der Waals surface area contributed by atoms with Crippen LogP contribution >= 0.6 is 12.2 Å². The van der Waals surface area contributed by atoms with Crippen LogP contribution in [0.4, 0.5) is 5.69 Å². The molecule has 0 aliphatic carbocycles. The summed E-state index contributed by atoms with van der Waals surface area (Å²) in [6.07, 6.45) is 1.06. The molecule has 2 aromatic rings. The summed E-state index contributed by atoms with van der Waals surface area (Å²) in [5.74, 6) is 0. The van der Waals surface area contributed by atoms with Gasteiger partial charge in [0.25, 0.3) is 0 Å². The highest BCUT2D eigenvalue weighted by atomic mass is 32.1. The number of anilines is 1. The summed E-state index contributed by atoms with van der Waals surface area (Å²) in [6.45, 7) is 5.99. The Balaban J connectivity index is 1.99. The summed E-state index contributed by atoms with van der Waals surface area (Å²) in [7, 11) is 0. The van der Waals surface area contributed by atoms with Crippen molar-refractivity contribution in [3.05, 3.63) is 65.7 Å². The normalized spacial score (nSPS) is 10.2. The summed E-state index contributed by atoms with van der Waals surface area (Å²) in [6, 6.07) is 18.8. The van der Waals surface area contributed by atoms with Gasteiger partial charge < -0.3 is 10.2 Å². The van der Waals surface area contributed by atoms with Crippen molar-refractivity contribution >= 4 is 23.0 Å². The average molecular weight is 298 g/mol. The second kappa shape index (κ2) is 7.79. The quantitative estimate of drug-likeness (QED) is 0.820. The Hall–Kier alpha value is -1.87. The van der Waals surface area contributed by atoms with E-state index in [0.717, 1.165) is 30.3 Å². The van der Waals surface area contributed by atoms with Gasteiger partial charge in [-0.25, -0.2) is 0 Å². The number of aryl methyl sites for hydroxylation is 1. The van der Waals surface area contributed by atoms with E-state index in [1.54, 1.807) is 0 Å². The minimum Gasteiger partial charge on any atom is -0.345 e. The molecule has 0 spiro atoms. The first kappa shape index (κ1) is 15.5. The molecule has 0 aromatic heterocycles. The number of nitrogens with one attached hydrogen (secondary N) is 1. The fraction of sp³-hybridized carbons (Fsp3) is 0.278. The Labute approximate surface area is 132 Å². The molecular formula is C18H22N2S. The van der Waals surface area contributed by atoms with Gasteiger partial charge in [-0.1, -0.05) is 49.4 Å². The smallest absolute Gasteiger partial charge is 0.173 e. The minimum absolute atomic E-state index is 0.769. The SMILES string of the molecule is CCc1ccc(NC(=S)N(CC)Cc2ccccc2)cc1. The number of hydrogen-bond donors (Lipinski definition) is 1. The molecule has 0 bridgehead atoms. The van der Waals surface area contributed by atoms with Gasteiger partial charge in [-0.2, -0.15) is 0 Å². The van der Waals surface area contributed by atoms with Gasteiger partial charge in [0.1, 0.15) is 0 Å². The van der Waals surface area contributed by atoms with E-state index in [1.807, 2.05) is 6.07 Å². The molecule has 0 unspecified atom stereocenters. The Bertz CT molecular complexity index is 564. The molecular weight excluding hydrogens is 276 g/mol. The third-order valence-electron chi connectivity index (χ3n) is 3.50. The van der Waals surface area contributed by atoms with Crippen LogP contribution in [0.2, 0.25) is 0 Å². The van der Waals surface area contributed by atoms with Gasteiger partial charge in [-0.3, -0.25) is 0 Å². The number of thiocarbonyl (C=S) groups is 1. The van der Waals surface area contributed by atoms with E-state index < -0.39 is 0 Å². The van der Waals surface area contributed by atoms with Crippen LogP contribution in [0.1, 0.15) is 25.0 Å². The third-order valence-corrected chi connectivity index (χ3v) is 3.86. The molecule has 0 saturated heterocycles. The lowest BCUT2D eigenvalue weighted by atomic mass is 10.1. The topological polar surface area (TPSA) is 15.3 Å². The van der Waals surface area contributed by atoms with Crippen LogP contribution in [0.25, 0.3) is 0 Å². The molecule has 2 nitrogen and oxygen atoms in total. The van der Waals surface area contributed by atoms with Gasteiger partial charge in [-0.15, -0.1) is 0 Å². The van der Waals surface area contributed by atoms with Crippen molar-refractivity contribution in [2.24, 2.45) is 0 Å². The summed E-state index contributed by atoms with van der Waals surface area (Å²) in [4.78, 5) is 2.17. The molecule has 0 amide bonds. The van der Waals surface area contributed by atoms with E-state index in [1.165, 1.54) is 11.1 Å². The second-order valence-corrected chi connectivity index (χ2v) is 5.37. The van der Waals surface area contributed by atoms with E-state index in [4.69, 9.17) is 12.2 Å². The maximum atomic E-state index is 5.53. The lowest BCUT2D eigenvalue weighted by molar-refractivity contribution is 0.442. The Morgan fingerprint density at radius 2 is 1.62 bits per heavy atom. The number of rotatable bonds is 5.